The zero-order chi connectivity index (χ0) is 15.3. The largest absolute Gasteiger partial charge is 0.487 e. The smallest absolute Gasteiger partial charge is 0.311 e. The molecule has 0 bridgehead atoms. The SMILES string of the molecule is CCOc1cc(N(C)CC(C)(C)CN)ccc1[N+](=O)[O-]. The molecule has 0 unspecified atom stereocenters. The topological polar surface area (TPSA) is 81.6 Å². The van der Waals surface area contributed by atoms with E-state index in [1.807, 2.05) is 11.9 Å². The van der Waals surface area contributed by atoms with E-state index in [2.05, 4.69) is 13.8 Å². The van der Waals surface area contributed by atoms with Crippen molar-refractivity contribution in [2.45, 2.75) is 20.8 Å². The monoisotopic (exact) mass is 281 g/mol. The van der Waals surface area contributed by atoms with Crippen LogP contribution < -0.4 is 15.4 Å². The number of rotatable bonds is 7. The average molecular weight is 281 g/mol. The van der Waals surface area contributed by atoms with Crippen LogP contribution >= 0.6 is 0 Å². The van der Waals surface area contributed by atoms with E-state index in [1.165, 1.54) is 6.07 Å². The first-order valence-corrected chi connectivity index (χ1v) is 6.63. The highest BCUT2D eigenvalue weighted by Crippen LogP contribution is 2.32. The Morgan fingerprint density at radius 1 is 1.45 bits per heavy atom. The van der Waals surface area contributed by atoms with E-state index in [1.54, 1.807) is 19.1 Å². The van der Waals surface area contributed by atoms with Crippen molar-refractivity contribution in [3.8, 4) is 5.75 Å². The Morgan fingerprint density at radius 3 is 2.60 bits per heavy atom. The van der Waals surface area contributed by atoms with E-state index in [-0.39, 0.29) is 11.1 Å². The first-order valence-electron chi connectivity index (χ1n) is 6.63. The fourth-order valence-corrected chi connectivity index (χ4v) is 1.96. The zero-order valence-electron chi connectivity index (χ0n) is 12.5. The van der Waals surface area contributed by atoms with Gasteiger partial charge in [-0.25, -0.2) is 0 Å². The Hall–Kier alpha value is -1.82. The molecule has 6 heteroatoms. The van der Waals surface area contributed by atoms with Gasteiger partial charge in [-0.2, -0.15) is 0 Å². The van der Waals surface area contributed by atoms with Gasteiger partial charge in [0.1, 0.15) is 0 Å². The first kappa shape index (κ1) is 16.2. The summed E-state index contributed by atoms with van der Waals surface area (Å²) >= 11 is 0. The molecule has 0 saturated heterocycles. The highest BCUT2D eigenvalue weighted by molar-refractivity contribution is 5.59. The molecule has 0 spiro atoms. The van der Waals surface area contributed by atoms with Crippen LogP contribution in [-0.4, -0.2) is 31.7 Å². The van der Waals surface area contributed by atoms with Crippen molar-refractivity contribution >= 4 is 11.4 Å². The van der Waals surface area contributed by atoms with E-state index in [9.17, 15) is 10.1 Å². The zero-order valence-corrected chi connectivity index (χ0v) is 12.5. The molecule has 0 radical (unpaired) electrons. The van der Waals surface area contributed by atoms with Crippen molar-refractivity contribution in [2.75, 3.05) is 31.6 Å². The van der Waals surface area contributed by atoms with Gasteiger partial charge in [0.15, 0.2) is 5.75 Å². The number of hydrogen-bond donors (Lipinski definition) is 1. The Morgan fingerprint density at radius 2 is 2.10 bits per heavy atom. The van der Waals surface area contributed by atoms with Crippen molar-refractivity contribution < 1.29 is 9.66 Å². The van der Waals surface area contributed by atoms with Gasteiger partial charge < -0.3 is 15.4 Å². The number of nitro benzene ring substituents is 1. The van der Waals surface area contributed by atoms with E-state index in [0.29, 0.717) is 18.9 Å². The normalized spacial score (nSPS) is 11.2. The molecular formula is C14H23N3O3. The van der Waals surface area contributed by atoms with Crippen molar-refractivity contribution in [3.05, 3.63) is 28.3 Å². The molecule has 0 saturated carbocycles. The minimum atomic E-state index is -0.432. The van der Waals surface area contributed by atoms with Gasteiger partial charge in [-0.3, -0.25) is 10.1 Å². The van der Waals surface area contributed by atoms with Crippen LogP contribution in [-0.2, 0) is 0 Å². The van der Waals surface area contributed by atoms with E-state index in [4.69, 9.17) is 10.5 Å². The summed E-state index contributed by atoms with van der Waals surface area (Å²) in [4.78, 5) is 12.5. The van der Waals surface area contributed by atoms with Crippen molar-refractivity contribution in [1.82, 2.24) is 0 Å². The van der Waals surface area contributed by atoms with Gasteiger partial charge in [0.2, 0.25) is 0 Å². The van der Waals surface area contributed by atoms with Gasteiger partial charge >= 0.3 is 5.69 Å². The van der Waals surface area contributed by atoms with Crippen molar-refractivity contribution in [1.29, 1.82) is 0 Å². The van der Waals surface area contributed by atoms with Crippen LogP contribution in [0.25, 0.3) is 0 Å². The van der Waals surface area contributed by atoms with Gasteiger partial charge in [-0.05, 0) is 24.9 Å². The van der Waals surface area contributed by atoms with Gasteiger partial charge in [-0.15, -0.1) is 0 Å². The van der Waals surface area contributed by atoms with Crippen LogP contribution in [0, 0.1) is 15.5 Å². The standard InChI is InChI=1S/C14H23N3O3/c1-5-20-13-8-11(6-7-12(13)17(18)19)16(4)10-14(2,3)9-15/h6-8H,5,9-10,15H2,1-4H3. The summed E-state index contributed by atoms with van der Waals surface area (Å²) < 4.78 is 5.35. The quantitative estimate of drug-likeness (QED) is 0.613. The number of nitrogens with zero attached hydrogens (tertiary/aromatic N) is 2. The fraction of sp³-hybridized carbons (Fsp3) is 0.571. The van der Waals surface area contributed by atoms with Crippen molar-refractivity contribution in [3.63, 3.8) is 0 Å². The minimum absolute atomic E-state index is 0.0120. The lowest BCUT2D eigenvalue weighted by Crippen LogP contribution is -2.36. The number of anilines is 1. The highest BCUT2D eigenvalue weighted by Gasteiger charge is 2.21. The molecule has 0 amide bonds. The van der Waals surface area contributed by atoms with Gasteiger partial charge in [0.05, 0.1) is 11.5 Å². The predicted molar refractivity (Wildman–Crippen MR) is 80.4 cm³/mol. The summed E-state index contributed by atoms with van der Waals surface area (Å²) in [5.74, 6) is 0.299. The maximum Gasteiger partial charge on any atom is 0.311 e. The number of nitrogens with two attached hydrogens (primary N) is 1. The van der Waals surface area contributed by atoms with Crippen LogP contribution in [0.15, 0.2) is 18.2 Å². The minimum Gasteiger partial charge on any atom is -0.487 e. The van der Waals surface area contributed by atoms with Crippen LogP contribution in [0.5, 0.6) is 5.75 Å². The maximum absolute atomic E-state index is 10.9. The number of benzene rings is 1. The highest BCUT2D eigenvalue weighted by atomic mass is 16.6. The Kier molecular flexibility index (Phi) is 5.33. The summed E-state index contributed by atoms with van der Waals surface area (Å²) in [6.45, 7) is 7.69. The Labute approximate surface area is 119 Å². The first-order chi connectivity index (χ1) is 9.30. The van der Waals surface area contributed by atoms with Crippen LogP contribution in [0.2, 0.25) is 0 Å². The van der Waals surface area contributed by atoms with Crippen LogP contribution in [0.4, 0.5) is 11.4 Å². The predicted octanol–water partition coefficient (Wildman–Crippen LogP) is 2.41. The lowest BCUT2D eigenvalue weighted by molar-refractivity contribution is -0.385. The number of ether oxygens (including phenoxy) is 1. The Balaban J connectivity index is 3.02. The molecule has 112 valence electrons. The summed E-state index contributed by atoms with van der Waals surface area (Å²) in [6.07, 6.45) is 0. The molecule has 0 aliphatic carbocycles. The van der Waals surface area contributed by atoms with Crippen molar-refractivity contribution in [2.24, 2.45) is 11.1 Å². The van der Waals surface area contributed by atoms with Crippen LogP contribution in [0.1, 0.15) is 20.8 Å². The summed E-state index contributed by atoms with van der Waals surface area (Å²) in [7, 11) is 1.94. The van der Waals surface area contributed by atoms with Gasteiger partial charge in [0.25, 0.3) is 0 Å². The van der Waals surface area contributed by atoms with Gasteiger partial charge in [0, 0.05) is 31.4 Å². The number of nitro groups is 1. The molecule has 0 aliphatic rings. The molecule has 0 aliphatic heterocycles. The third-order valence-corrected chi connectivity index (χ3v) is 3.10. The summed E-state index contributed by atoms with van der Waals surface area (Å²) in [5, 5.41) is 10.9. The molecule has 0 atom stereocenters. The molecule has 6 nitrogen and oxygen atoms in total. The molecule has 1 aromatic carbocycles. The second kappa shape index (κ2) is 6.56. The summed E-state index contributed by atoms with van der Waals surface area (Å²) in [5.41, 5.74) is 6.57. The molecule has 20 heavy (non-hydrogen) atoms. The van der Waals surface area contributed by atoms with Crippen LogP contribution in [0.3, 0.4) is 0 Å². The average Bonchev–Trinajstić information content (AvgIpc) is 2.38. The molecular weight excluding hydrogens is 258 g/mol. The van der Waals surface area contributed by atoms with Gasteiger partial charge in [-0.1, -0.05) is 13.8 Å². The molecule has 0 aromatic heterocycles. The molecule has 0 heterocycles. The summed E-state index contributed by atoms with van der Waals surface area (Å²) in [6, 6.07) is 4.91. The maximum atomic E-state index is 10.9. The third kappa shape index (κ3) is 4.09. The molecule has 0 fully saturated rings. The fourth-order valence-electron chi connectivity index (χ4n) is 1.96. The molecule has 2 N–H and O–H groups in total. The van der Waals surface area contributed by atoms with E-state index in [0.717, 1.165) is 12.2 Å². The van der Waals surface area contributed by atoms with E-state index < -0.39 is 4.92 Å². The third-order valence-electron chi connectivity index (χ3n) is 3.10. The lowest BCUT2D eigenvalue weighted by Gasteiger charge is -2.30. The second-order valence-corrected chi connectivity index (χ2v) is 5.57. The lowest BCUT2D eigenvalue weighted by atomic mass is 9.93. The molecule has 1 rings (SSSR count). The van der Waals surface area contributed by atoms with E-state index >= 15 is 0 Å². The second-order valence-electron chi connectivity index (χ2n) is 5.57. The number of hydrogen-bond acceptors (Lipinski definition) is 5. The Bertz CT molecular complexity index is 475. The molecule has 1 aromatic rings.